The van der Waals surface area contributed by atoms with E-state index in [0.29, 0.717) is 24.8 Å². The zero-order chi connectivity index (χ0) is 26.8. The average molecular weight is 631 g/mol. The number of rotatable bonds is 10. The van der Waals surface area contributed by atoms with Gasteiger partial charge >= 0.3 is 11.9 Å². The topological polar surface area (TPSA) is 108 Å². The van der Waals surface area contributed by atoms with E-state index in [9.17, 15) is 19.2 Å². The number of halogens is 3. The van der Waals surface area contributed by atoms with Crippen LogP contribution in [-0.2, 0) is 49.5 Å². The van der Waals surface area contributed by atoms with Gasteiger partial charge in [0.05, 0.1) is 31.5 Å². The number of allylic oxidation sites excluding steroid dienone is 2. The van der Waals surface area contributed by atoms with E-state index < -0.39 is 26.0 Å². The Balaban J connectivity index is 0.000000353. The molecule has 3 atom stereocenters. The van der Waals surface area contributed by atoms with Crippen LogP contribution in [0.3, 0.4) is 0 Å². The molecule has 0 aromatic heterocycles. The maximum atomic E-state index is 11.9. The van der Waals surface area contributed by atoms with Crippen molar-refractivity contribution in [2.45, 2.75) is 41.5 Å². The lowest BCUT2D eigenvalue weighted by Crippen LogP contribution is -2.26. The van der Waals surface area contributed by atoms with Gasteiger partial charge in [0.25, 0.3) is 3.12 Å². The summed E-state index contributed by atoms with van der Waals surface area (Å²) in [5.74, 6) is -2.08. The number of fused-ring (bicyclic) bond motifs is 1. The molecule has 1 saturated heterocycles. The van der Waals surface area contributed by atoms with E-state index in [1.54, 1.807) is 13.8 Å². The number of ether oxygens (including phenoxy) is 2. The normalized spacial score (nSPS) is 20.6. The van der Waals surface area contributed by atoms with Crippen molar-refractivity contribution in [2.24, 2.45) is 11.8 Å². The predicted octanol–water partition coefficient (Wildman–Crippen LogP) is 5.04. The molecule has 35 heavy (non-hydrogen) atoms. The molecule has 2 rings (SSSR count). The van der Waals surface area contributed by atoms with Crippen molar-refractivity contribution >= 4 is 99.4 Å². The van der Waals surface area contributed by atoms with Crippen LogP contribution in [0.25, 0.3) is 0 Å². The van der Waals surface area contributed by atoms with Gasteiger partial charge in [0.1, 0.15) is 5.25 Å². The summed E-state index contributed by atoms with van der Waals surface area (Å²) in [7, 11) is 2.81. The van der Waals surface area contributed by atoms with E-state index in [1.807, 2.05) is 12.2 Å². The molecule has 200 valence electrons. The van der Waals surface area contributed by atoms with Crippen LogP contribution < -0.4 is 0 Å². The van der Waals surface area contributed by atoms with Gasteiger partial charge in [-0.05, 0) is 38.5 Å². The van der Waals surface area contributed by atoms with Crippen LogP contribution in [0, 0.1) is 11.8 Å². The van der Waals surface area contributed by atoms with Gasteiger partial charge in [0.2, 0.25) is 17.5 Å². The van der Waals surface area contributed by atoms with Crippen LogP contribution >= 0.6 is 63.8 Å². The molecule has 1 heterocycles. The number of alkyl halides is 3. The highest BCUT2D eigenvalue weighted by molar-refractivity contribution is 8.68. The number of carbonyl (C=O) groups is 4. The van der Waals surface area contributed by atoms with Crippen LogP contribution in [0.5, 0.6) is 0 Å². The average Bonchev–Trinajstić information content (AvgIpc) is 3.03. The molecule has 1 fully saturated rings. The number of hydrogen-bond acceptors (Lipinski definition) is 11. The molecule has 0 saturated carbocycles. The summed E-state index contributed by atoms with van der Waals surface area (Å²) >= 11 is 23.5. The highest BCUT2D eigenvalue weighted by Gasteiger charge is 2.49. The molecule has 16 heteroatoms. The third-order valence-electron chi connectivity index (χ3n) is 4.57. The Morgan fingerprint density at radius 2 is 1.57 bits per heavy atom. The molecule has 2 amide bonds. The molecular weight excluding hydrogens is 604 g/mol. The smallest absolute Gasteiger partial charge is 0.320 e. The van der Waals surface area contributed by atoms with E-state index in [2.05, 4.69) is 0 Å². The first kappa shape index (κ1) is 33.0. The molecule has 0 aromatic rings. The van der Waals surface area contributed by atoms with E-state index in [4.69, 9.17) is 65.1 Å². The van der Waals surface area contributed by atoms with Crippen molar-refractivity contribution in [1.82, 2.24) is 4.31 Å². The number of carbonyl (C=O) groups excluding carboxylic acids is 4. The fraction of sp³-hybridized carbons (Fsp3) is 0.684. The van der Waals surface area contributed by atoms with Gasteiger partial charge in [-0.15, -0.1) is 0 Å². The molecule has 0 N–H and O–H groups in total. The summed E-state index contributed by atoms with van der Waals surface area (Å²) in [5, 5.41) is -0.787. The van der Waals surface area contributed by atoms with Gasteiger partial charge in [-0.25, -0.2) is 4.31 Å². The second-order valence-corrected chi connectivity index (χ2v) is 17.6. The minimum atomic E-state index is -2.65. The first-order valence-corrected chi connectivity index (χ1v) is 16.4. The SMILES string of the molecule is CCOC(=O)CC(SP(=S)(OC)OC)C(=O)OCC.O=C1C2CC=CCC2C(=O)N1SC(Cl)(Cl)Cl. The quantitative estimate of drug-likeness (QED) is 0.0809. The van der Waals surface area contributed by atoms with Crippen LogP contribution in [0.4, 0.5) is 0 Å². The van der Waals surface area contributed by atoms with E-state index >= 15 is 0 Å². The maximum absolute atomic E-state index is 11.9. The van der Waals surface area contributed by atoms with Gasteiger partial charge in [-0.1, -0.05) is 58.3 Å². The van der Waals surface area contributed by atoms with E-state index in [-0.39, 0.29) is 43.3 Å². The molecule has 1 aliphatic carbocycles. The zero-order valence-electron chi connectivity index (χ0n) is 19.4. The molecule has 3 unspecified atom stereocenters. The Bertz CT molecular complexity index is 824. The fourth-order valence-electron chi connectivity index (χ4n) is 3.05. The van der Waals surface area contributed by atoms with Crippen molar-refractivity contribution in [3.8, 4) is 0 Å². The summed E-state index contributed by atoms with van der Waals surface area (Å²) in [5.41, 5.74) is -2.65. The molecule has 0 spiro atoms. The lowest BCUT2D eigenvalue weighted by Gasteiger charge is -2.21. The molecular formula is C19H27Cl3NO8PS3. The van der Waals surface area contributed by atoms with Crippen LogP contribution in [0.1, 0.15) is 33.1 Å². The van der Waals surface area contributed by atoms with Gasteiger partial charge < -0.3 is 18.5 Å². The second kappa shape index (κ2) is 15.4. The summed E-state index contributed by atoms with van der Waals surface area (Å²) in [6.07, 6.45) is 4.88. The monoisotopic (exact) mass is 629 g/mol. The summed E-state index contributed by atoms with van der Waals surface area (Å²) < 4.78 is 19.2. The minimum Gasteiger partial charge on any atom is -0.466 e. The number of imide groups is 1. The Kier molecular flexibility index (Phi) is 14.5. The van der Waals surface area contributed by atoms with Crippen molar-refractivity contribution in [2.75, 3.05) is 27.4 Å². The first-order valence-electron chi connectivity index (χ1n) is 10.3. The number of hydrogen-bond donors (Lipinski definition) is 0. The van der Waals surface area contributed by atoms with Gasteiger partial charge in [-0.3, -0.25) is 19.2 Å². The third kappa shape index (κ3) is 10.7. The Morgan fingerprint density at radius 1 is 1.09 bits per heavy atom. The summed E-state index contributed by atoms with van der Waals surface area (Å²) in [6, 6.07) is 0. The Labute approximate surface area is 233 Å². The number of amides is 2. The minimum absolute atomic E-state index is 0.123. The predicted molar refractivity (Wildman–Crippen MR) is 143 cm³/mol. The number of esters is 2. The third-order valence-corrected chi connectivity index (χ3v) is 11.8. The van der Waals surface area contributed by atoms with Gasteiger partial charge in [0.15, 0.2) is 0 Å². The largest absolute Gasteiger partial charge is 0.466 e. The highest BCUT2D eigenvalue weighted by atomic mass is 35.6. The first-order chi connectivity index (χ1) is 16.3. The van der Waals surface area contributed by atoms with Crippen LogP contribution in [-0.4, -0.2) is 63.9 Å². The van der Waals surface area contributed by atoms with E-state index in [0.717, 1.165) is 15.7 Å². The zero-order valence-corrected chi connectivity index (χ0v) is 25.1. The molecule has 0 radical (unpaired) electrons. The van der Waals surface area contributed by atoms with Gasteiger partial charge in [0, 0.05) is 26.2 Å². The highest BCUT2D eigenvalue weighted by Crippen LogP contribution is 2.62. The van der Waals surface area contributed by atoms with E-state index in [1.165, 1.54) is 14.2 Å². The second-order valence-electron chi connectivity index (χ2n) is 6.83. The standard InChI is InChI=1S/C10H19O6PS2.C9H8Cl3NO2S/c1-5-15-9(11)7-8(10(12)16-6-2)19-17(18,13-3)14-4;10-9(11,12)16-13-7(14)5-3-1-2-4-6(5)8(13)15/h8H,5-7H2,1-4H3;1-2,5-6H,3-4H2. The molecule has 0 aromatic carbocycles. The lowest BCUT2D eigenvalue weighted by molar-refractivity contribution is -0.149. The molecule has 0 bridgehead atoms. The molecule has 9 nitrogen and oxygen atoms in total. The van der Waals surface area contributed by atoms with Crippen molar-refractivity contribution in [1.29, 1.82) is 0 Å². The Morgan fingerprint density at radius 3 is 1.97 bits per heavy atom. The van der Waals surface area contributed by atoms with Gasteiger partial charge in [-0.2, -0.15) is 0 Å². The van der Waals surface area contributed by atoms with Crippen LogP contribution in [0.15, 0.2) is 12.2 Å². The van der Waals surface area contributed by atoms with Crippen molar-refractivity contribution < 1.29 is 37.7 Å². The number of nitrogens with zero attached hydrogens (tertiary/aromatic N) is 1. The van der Waals surface area contributed by atoms with Crippen molar-refractivity contribution in [3.63, 3.8) is 0 Å². The maximum Gasteiger partial charge on any atom is 0.320 e. The van der Waals surface area contributed by atoms with Crippen LogP contribution in [0.2, 0.25) is 0 Å². The fourth-order valence-corrected chi connectivity index (χ4v) is 8.19. The summed E-state index contributed by atoms with van der Waals surface area (Å²) in [4.78, 5) is 47.1. The Hall–Kier alpha value is -0.0400. The molecule has 2 aliphatic rings. The lowest BCUT2D eigenvalue weighted by atomic mass is 9.85. The summed E-state index contributed by atoms with van der Waals surface area (Å²) in [6.45, 7) is 3.86. The van der Waals surface area contributed by atoms with Crippen molar-refractivity contribution in [3.05, 3.63) is 12.2 Å². The molecule has 1 aliphatic heterocycles.